The van der Waals surface area contributed by atoms with E-state index < -0.39 is 0 Å². The first-order valence-corrected chi connectivity index (χ1v) is 4.54. The summed E-state index contributed by atoms with van der Waals surface area (Å²) in [4.78, 5) is 0. The zero-order valence-electron chi connectivity index (χ0n) is 7.78. The molecule has 72 valence electrons. The molecule has 0 aliphatic rings. The molecule has 0 N–H and O–H groups in total. The molecule has 0 spiro atoms. The molecular formula is C10H7N5. The van der Waals surface area contributed by atoms with Crippen molar-refractivity contribution in [3.63, 3.8) is 0 Å². The van der Waals surface area contributed by atoms with Crippen molar-refractivity contribution in [3.05, 3.63) is 42.6 Å². The lowest BCUT2D eigenvalue weighted by atomic mass is 10.1. The van der Waals surface area contributed by atoms with Crippen LogP contribution in [0.5, 0.6) is 0 Å². The minimum absolute atomic E-state index is 0.670. The minimum Gasteiger partial charge on any atom is -0.155 e. The predicted molar refractivity (Wildman–Crippen MR) is 54.0 cm³/mol. The second kappa shape index (κ2) is 3.13. The zero-order chi connectivity index (χ0) is 10.1. The molecule has 0 atom stereocenters. The first-order valence-electron chi connectivity index (χ1n) is 4.54. The second-order valence-corrected chi connectivity index (χ2v) is 3.10. The molecule has 15 heavy (non-hydrogen) atoms. The van der Waals surface area contributed by atoms with E-state index in [1.807, 2.05) is 36.4 Å². The lowest BCUT2D eigenvalue weighted by Gasteiger charge is -2.00. The van der Waals surface area contributed by atoms with Gasteiger partial charge in [-0.15, -0.1) is 9.73 Å². The van der Waals surface area contributed by atoms with Gasteiger partial charge in [0.1, 0.15) is 0 Å². The van der Waals surface area contributed by atoms with Crippen LogP contribution >= 0.6 is 0 Å². The number of aromatic nitrogens is 5. The largest absolute Gasteiger partial charge is 0.207 e. The number of rotatable bonds is 1. The van der Waals surface area contributed by atoms with E-state index >= 15 is 0 Å². The van der Waals surface area contributed by atoms with E-state index in [0.717, 1.165) is 11.1 Å². The molecule has 0 unspecified atom stereocenters. The maximum atomic E-state index is 4.01. The zero-order valence-corrected chi connectivity index (χ0v) is 7.78. The Labute approximate surface area is 85.4 Å². The van der Waals surface area contributed by atoms with E-state index in [2.05, 4.69) is 20.6 Å². The Hall–Kier alpha value is -2.30. The first kappa shape index (κ1) is 8.05. The molecule has 0 saturated carbocycles. The van der Waals surface area contributed by atoms with Crippen LogP contribution in [0.3, 0.4) is 0 Å². The molecule has 0 aliphatic carbocycles. The summed E-state index contributed by atoms with van der Waals surface area (Å²) >= 11 is 0. The van der Waals surface area contributed by atoms with Gasteiger partial charge in [0, 0.05) is 5.56 Å². The molecular weight excluding hydrogens is 190 g/mol. The van der Waals surface area contributed by atoms with Crippen molar-refractivity contribution in [1.82, 2.24) is 25.3 Å². The summed E-state index contributed by atoms with van der Waals surface area (Å²) in [5.74, 6) is 0. The van der Waals surface area contributed by atoms with Gasteiger partial charge in [0.25, 0.3) is 0 Å². The number of fused-ring (bicyclic) bond motifs is 1. The molecule has 3 rings (SSSR count). The van der Waals surface area contributed by atoms with Crippen molar-refractivity contribution in [2.75, 3.05) is 0 Å². The third-order valence-corrected chi connectivity index (χ3v) is 2.20. The van der Waals surface area contributed by atoms with E-state index in [0.29, 0.717) is 5.65 Å². The Morgan fingerprint density at radius 3 is 2.73 bits per heavy atom. The van der Waals surface area contributed by atoms with Gasteiger partial charge < -0.3 is 0 Å². The third-order valence-electron chi connectivity index (χ3n) is 2.20. The monoisotopic (exact) mass is 197 g/mol. The second-order valence-electron chi connectivity index (χ2n) is 3.10. The van der Waals surface area contributed by atoms with Crippen LogP contribution in [0.2, 0.25) is 0 Å². The van der Waals surface area contributed by atoms with E-state index in [-0.39, 0.29) is 0 Å². The number of nitrogens with zero attached hydrogens (tertiary/aromatic N) is 5. The molecule has 0 aliphatic heterocycles. The van der Waals surface area contributed by atoms with Crippen LogP contribution in [0.1, 0.15) is 0 Å². The number of hydrogen-bond donors (Lipinski definition) is 0. The highest BCUT2D eigenvalue weighted by Crippen LogP contribution is 2.20. The fourth-order valence-corrected chi connectivity index (χ4v) is 1.51. The third kappa shape index (κ3) is 1.25. The maximum absolute atomic E-state index is 4.01. The fraction of sp³-hybridized carbons (Fsp3) is 0. The van der Waals surface area contributed by atoms with Crippen LogP contribution in [0.25, 0.3) is 16.8 Å². The standard InChI is InChI=1S/C10H7N5/c1-2-4-8(5-3-1)9-6-7-11-15-10(9)12-13-14-15/h1-7H. The SMILES string of the molecule is c1ccc(-c2ccnn3nnnc23)cc1. The Balaban J connectivity index is 2.31. The molecule has 0 amide bonds. The molecule has 2 heterocycles. The van der Waals surface area contributed by atoms with E-state index in [9.17, 15) is 0 Å². The van der Waals surface area contributed by atoms with Gasteiger partial charge in [0.2, 0.25) is 5.65 Å². The molecule has 0 bridgehead atoms. The van der Waals surface area contributed by atoms with Crippen LogP contribution in [-0.4, -0.2) is 25.3 Å². The van der Waals surface area contributed by atoms with Crippen LogP contribution in [-0.2, 0) is 0 Å². The predicted octanol–water partition coefficient (Wildman–Crippen LogP) is 1.19. The van der Waals surface area contributed by atoms with Crippen LogP contribution in [0.4, 0.5) is 0 Å². The van der Waals surface area contributed by atoms with Gasteiger partial charge in [-0.25, -0.2) is 0 Å². The van der Waals surface area contributed by atoms with Crippen molar-refractivity contribution in [2.24, 2.45) is 0 Å². The van der Waals surface area contributed by atoms with Gasteiger partial charge >= 0.3 is 0 Å². The lowest BCUT2D eigenvalue weighted by Crippen LogP contribution is -1.94. The Kier molecular flexibility index (Phi) is 1.68. The first-order chi connectivity index (χ1) is 7.45. The maximum Gasteiger partial charge on any atom is 0.207 e. The van der Waals surface area contributed by atoms with E-state index in [1.165, 1.54) is 4.63 Å². The number of benzene rings is 1. The van der Waals surface area contributed by atoms with Gasteiger partial charge in [0.05, 0.1) is 6.20 Å². The van der Waals surface area contributed by atoms with Crippen molar-refractivity contribution in [1.29, 1.82) is 0 Å². The van der Waals surface area contributed by atoms with Crippen molar-refractivity contribution >= 4 is 5.65 Å². The van der Waals surface area contributed by atoms with E-state index in [1.54, 1.807) is 6.20 Å². The van der Waals surface area contributed by atoms with Gasteiger partial charge in [-0.05, 0) is 22.1 Å². The summed E-state index contributed by atoms with van der Waals surface area (Å²) in [6.45, 7) is 0. The van der Waals surface area contributed by atoms with E-state index in [4.69, 9.17) is 0 Å². The molecule has 1 aromatic carbocycles. The minimum atomic E-state index is 0.670. The average molecular weight is 197 g/mol. The summed E-state index contributed by atoms with van der Waals surface area (Å²) in [6.07, 6.45) is 1.69. The summed E-state index contributed by atoms with van der Waals surface area (Å²) in [7, 11) is 0. The number of tetrazole rings is 1. The molecule has 0 saturated heterocycles. The summed E-state index contributed by atoms with van der Waals surface area (Å²) < 4.78 is 1.42. The summed E-state index contributed by atoms with van der Waals surface area (Å²) in [6, 6.07) is 11.9. The highest BCUT2D eigenvalue weighted by atomic mass is 15.6. The van der Waals surface area contributed by atoms with Gasteiger partial charge in [-0.3, -0.25) is 0 Å². The van der Waals surface area contributed by atoms with Gasteiger partial charge in [0.15, 0.2) is 0 Å². The van der Waals surface area contributed by atoms with Crippen molar-refractivity contribution < 1.29 is 0 Å². The molecule has 0 radical (unpaired) electrons. The smallest absolute Gasteiger partial charge is 0.155 e. The topological polar surface area (TPSA) is 56.0 Å². The summed E-state index contributed by atoms with van der Waals surface area (Å²) in [5.41, 5.74) is 2.74. The molecule has 0 fully saturated rings. The number of hydrogen-bond acceptors (Lipinski definition) is 4. The quantitative estimate of drug-likeness (QED) is 0.588. The summed E-state index contributed by atoms with van der Waals surface area (Å²) in [5, 5.41) is 15.3. The lowest BCUT2D eigenvalue weighted by molar-refractivity contribution is 0.733. The van der Waals surface area contributed by atoms with Crippen LogP contribution in [0, 0.1) is 0 Å². The Bertz CT molecular complexity index is 587. The molecule has 5 nitrogen and oxygen atoms in total. The normalized spacial score (nSPS) is 10.7. The molecule has 3 aromatic rings. The van der Waals surface area contributed by atoms with Gasteiger partial charge in [-0.2, -0.15) is 5.10 Å². The average Bonchev–Trinajstić information content (AvgIpc) is 2.78. The highest BCUT2D eigenvalue weighted by molar-refractivity contribution is 5.75. The molecule has 2 aromatic heterocycles. The van der Waals surface area contributed by atoms with Crippen LogP contribution in [0.15, 0.2) is 42.6 Å². The Morgan fingerprint density at radius 2 is 1.87 bits per heavy atom. The highest BCUT2D eigenvalue weighted by Gasteiger charge is 2.06. The van der Waals surface area contributed by atoms with Crippen LogP contribution < -0.4 is 0 Å². The fourth-order valence-electron chi connectivity index (χ4n) is 1.51. The van der Waals surface area contributed by atoms with Crippen molar-refractivity contribution in [3.8, 4) is 11.1 Å². The van der Waals surface area contributed by atoms with Gasteiger partial charge in [-0.1, -0.05) is 30.3 Å². The van der Waals surface area contributed by atoms with Crippen molar-refractivity contribution in [2.45, 2.75) is 0 Å². The Morgan fingerprint density at radius 1 is 1.00 bits per heavy atom. The molecule has 5 heteroatoms.